The van der Waals surface area contributed by atoms with Gasteiger partial charge in [0.25, 0.3) is 0 Å². The third-order valence-corrected chi connectivity index (χ3v) is 5.46. The summed E-state index contributed by atoms with van der Waals surface area (Å²) >= 11 is 3.74. The van der Waals surface area contributed by atoms with E-state index in [-0.39, 0.29) is 35.0 Å². The number of ether oxygens (including phenoxy) is 3. The summed E-state index contributed by atoms with van der Waals surface area (Å²) in [7, 11) is 0. The van der Waals surface area contributed by atoms with Gasteiger partial charge in [-0.2, -0.15) is 0 Å². The highest BCUT2D eigenvalue weighted by molar-refractivity contribution is 9.09. The van der Waals surface area contributed by atoms with Crippen molar-refractivity contribution in [1.29, 1.82) is 0 Å². The van der Waals surface area contributed by atoms with E-state index >= 15 is 0 Å². The van der Waals surface area contributed by atoms with Crippen LogP contribution < -0.4 is 0 Å². The molecule has 0 N–H and O–H groups in total. The van der Waals surface area contributed by atoms with Gasteiger partial charge in [-0.15, -0.1) is 0 Å². The molecular weight excluding hydrogens is 324 g/mol. The summed E-state index contributed by atoms with van der Waals surface area (Å²) in [6.45, 7) is 11.7. The number of fused-ring (bicyclic) bond motifs is 1. The van der Waals surface area contributed by atoms with Gasteiger partial charge >= 0.3 is 5.97 Å². The summed E-state index contributed by atoms with van der Waals surface area (Å²) in [5, 5.41) is 0. The SMILES string of the molecule is C=C(COC(C)=O)[C@@H]1C[C@@H](Br)[C@]2(C)OC(C)(C)O[C@@H]2C1. The lowest BCUT2D eigenvalue weighted by atomic mass is 9.75. The highest BCUT2D eigenvalue weighted by Crippen LogP contribution is 2.50. The maximum atomic E-state index is 10.9. The van der Waals surface area contributed by atoms with Crippen LogP contribution >= 0.6 is 15.9 Å². The van der Waals surface area contributed by atoms with Crippen molar-refractivity contribution in [1.82, 2.24) is 0 Å². The lowest BCUT2D eigenvalue weighted by molar-refractivity contribution is -0.158. The largest absolute Gasteiger partial charge is 0.461 e. The van der Waals surface area contributed by atoms with E-state index in [9.17, 15) is 4.79 Å². The van der Waals surface area contributed by atoms with Crippen molar-refractivity contribution in [3.8, 4) is 0 Å². The fraction of sp³-hybridized carbons (Fsp3) is 0.800. The molecular formula is C15H23BrO4. The number of rotatable bonds is 3. The highest BCUT2D eigenvalue weighted by atomic mass is 79.9. The molecule has 2 fully saturated rings. The molecule has 0 amide bonds. The van der Waals surface area contributed by atoms with Crippen LogP contribution in [0.15, 0.2) is 12.2 Å². The number of halogens is 1. The van der Waals surface area contributed by atoms with Crippen LogP contribution in [0.25, 0.3) is 0 Å². The van der Waals surface area contributed by atoms with Crippen LogP contribution in [0.5, 0.6) is 0 Å². The Morgan fingerprint density at radius 3 is 2.65 bits per heavy atom. The van der Waals surface area contributed by atoms with Crippen LogP contribution in [0.3, 0.4) is 0 Å². The molecule has 1 saturated heterocycles. The molecule has 4 atom stereocenters. The lowest BCUT2D eigenvalue weighted by Crippen LogP contribution is -2.50. The van der Waals surface area contributed by atoms with Crippen LogP contribution in [0, 0.1) is 5.92 Å². The molecule has 114 valence electrons. The fourth-order valence-electron chi connectivity index (χ4n) is 3.11. The zero-order valence-electron chi connectivity index (χ0n) is 12.6. The van der Waals surface area contributed by atoms with Crippen LogP contribution in [0.4, 0.5) is 0 Å². The first-order valence-corrected chi connectivity index (χ1v) is 7.89. The molecule has 0 radical (unpaired) electrons. The molecule has 0 aromatic carbocycles. The zero-order chi connectivity index (χ0) is 15.1. The second kappa shape index (κ2) is 5.43. The number of hydrogen-bond acceptors (Lipinski definition) is 4. The molecule has 0 bridgehead atoms. The predicted molar refractivity (Wildman–Crippen MR) is 79.7 cm³/mol. The molecule has 1 saturated carbocycles. The molecule has 1 heterocycles. The van der Waals surface area contributed by atoms with Gasteiger partial charge in [0.15, 0.2) is 5.79 Å². The number of carbonyl (C=O) groups is 1. The number of carbonyl (C=O) groups excluding carboxylic acids is 1. The van der Waals surface area contributed by atoms with E-state index in [1.807, 2.05) is 13.8 Å². The molecule has 1 aliphatic heterocycles. The van der Waals surface area contributed by atoms with E-state index in [0.717, 1.165) is 18.4 Å². The van der Waals surface area contributed by atoms with Crippen molar-refractivity contribution in [2.75, 3.05) is 6.61 Å². The topological polar surface area (TPSA) is 44.8 Å². The van der Waals surface area contributed by atoms with Gasteiger partial charge in [0.05, 0.1) is 6.10 Å². The zero-order valence-corrected chi connectivity index (χ0v) is 14.2. The quantitative estimate of drug-likeness (QED) is 0.447. The summed E-state index contributed by atoms with van der Waals surface area (Å²) in [6, 6.07) is 0. The van der Waals surface area contributed by atoms with Crippen molar-refractivity contribution in [2.24, 2.45) is 5.92 Å². The number of esters is 1. The van der Waals surface area contributed by atoms with Gasteiger partial charge in [-0.25, -0.2) is 0 Å². The van der Waals surface area contributed by atoms with Gasteiger partial charge in [0, 0.05) is 11.8 Å². The molecule has 20 heavy (non-hydrogen) atoms. The molecule has 4 nitrogen and oxygen atoms in total. The van der Waals surface area contributed by atoms with Gasteiger partial charge in [-0.1, -0.05) is 22.5 Å². The van der Waals surface area contributed by atoms with Crippen molar-refractivity contribution >= 4 is 21.9 Å². The van der Waals surface area contributed by atoms with E-state index in [0.29, 0.717) is 0 Å². The summed E-state index contributed by atoms with van der Waals surface area (Å²) in [5.41, 5.74) is 0.627. The predicted octanol–water partition coefficient (Wildman–Crippen LogP) is 3.19. The molecule has 2 rings (SSSR count). The van der Waals surface area contributed by atoms with Gasteiger partial charge < -0.3 is 14.2 Å². The maximum absolute atomic E-state index is 10.9. The number of hydrogen-bond donors (Lipinski definition) is 0. The summed E-state index contributed by atoms with van der Waals surface area (Å²) in [5.74, 6) is -0.560. The second-order valence-corrected chi connectivity index (χ2v) is 7.47. The van der Waals surface area contributed by atoms with E-state index in [2.05, 4.69) is 29.4 Å². The maximum Gasteiger partial charge on any atom is 0.302 e. The van der Waals surface area contributed by atoms with Crippen molar-refractivity contribution < 1.29 is 19.0 Å². The monoisotopic (exact) mass is 346 g/mol. The van der Waals surface area contributed by atoms with Gasteiger partial charge in [0.2, 0.25) is 0 Å². The second-order valence-electron chi connectivity index (χ2n) is 6.37. The molecule has 0 unspecified atom stereocenters. The Kier molecular flexibility index (Phi) is 4.34. The molecule has 5 heteroatoms. The first kappa shape index (κ1) is 16.0. The van der Waals surface area contributed by atoms with Crippen LogP contribution in [0.1, 0.15) is 40.5 Å². The Morgan fingerprint density at radius 2 is 2.05 bits per heavy atom. The van der Waals surface area contributed by atoms with E-state index in [1.54, 1.807) is 0 Å². The van der Waals surface area contributed by atoms with E-state index < -0.39 is 5.79 Å². The van der Waals surface area contributed by atoms with Gasteiger partial charge in [0.1, 0.15) is 12.2 Å². The van der Waals surface area contributed by atoms with Crippen LogP contribution in [0.2, 0.25) is 0 Å². The molecule has 2 aliphatic rings. The Labute approximate surface area is 129 Å². The van der Waals surface area contributed by atoms with Gasteiger partial charge in [-0.3, -0.25) is 4.79 Å². The summed E-state index contributed by atoms with van der Waals surface area (Å²) in [6.07, 6.45) is 1.78. The Hall–Kier alpha value is -0.390. The minimum atomic E-state index is -0.558. The fourth-order valence-corrected chi connectivity index (χ4v) is 3.95. The van der Waals surface area contributed by atoms with Crippen LogP contribution in [-0.2, 0) is 19.0 Å². The molecule has 0 aromatic heterocycles. The lowest BCUT2D eigenvalue weighted by Gasteiger charge is -2.41. The third kappa shape index (κ3) is 3.10. The van der Waals surface area contributed by atoms with E-state index in [4.69, 9.17) is 14.2 Å². The minimum absolute atomic E-state index is 0.0229. The first-order valence-electron chi connectivity index (χ1n) is 6.97. The Bertz CT molecular complexity index is 420. The van der Waals surface area contributed by atoms with E-state index in [1.165, 1.54) is 6.92 Å². The highest BCUT2D eigenvalue weighted by Gasteiger charge is 2.57. The third-order valence-electron chi connectivity index (χ3n) is 4.18. The first-order chi connectivity index (χ1) is 9.14. The molecule has 1 aliphatic carbocycles. The number of alkyl halides is 1. The molecule has 0 aromatic rings. The smallest absolute Gasteiger partial charge is 0.302 e. The Balaban J connectivity index is 2.04. The average Bonchev–Trinajstić information content (AvgIpc) is 2.56. The summed E-state index contributed by atoms with van der Waals surface area (Å²) in [4.78, 5) is 11.1. The average molecular weight is 347 g/mol. The van der Waals surface area contributed by atoms with Gasteiger partial charge in [-0.05, 0) is 45.1 Å². The van der Waals surface area contributed by atoms with Crippen molar-refractivity contribution in [3.05, 3.63) is 12.2 Å². The molecule has 0 spiro atoms. The minimum Gasteiger partial charge on any atom is -0.461 e. The standard InChI is InChI=1S/C15H23BrO4/c1-9(8-18-10(2)17)11-6-12(16)15(5)13(7-11)19-14(3,4)20-15/h11-13H,1,6-8H2,2-5H3/t11-,12-,13-,15+/m1/s1. The van der Waals surface area contributed by atoms with Crippen molar-refractivity contribution in [3.63, 3.8) is 0 Å². The normalized spacial score (nSPS) is 39.1. The van der Waals surface area contributed by atoms with Crippen molar-refractivity contribution in [2.45, 2.75) is 62.9 Å². The van der Waals surface area contributed by atoms with Crippen LogP contribution in [-0.4, -0.2) is 34.9 Å². The Morgan fingerprint density at radius 1 is 1.40 bits per heavy atom. The summed E-state index contributed by atoms with van der Waals surface area (Å²) < 4.78 is 17.2.